The van der Waals surface area contributed by atoms with Crippen LogP contribution < -0.4 is 0 Å². The molecule has 0 aromatic rings. The van der Waals surface area contributed by atoms with Crippen LogP contribution in [0.3, 0.4) is 0 Å². The predicted octanol–water partition coefficient (Wildman–Crippen LogP) is 2.86. The van der Waals surface area contributed by atoms with Crippen molar-refractivity contribution in [1.82, 2.24) is 0 Å². The summed E-state index contributed by atoms with van der Waals surface area (Å²) in [5, 5.41) is 0. The Kier molecular flexibility index (Phi) is 8.60. The first-order chi connectivity index (χ1) is 4.23. The summed E-state index contributed by atoms with van der Waals surface area (Å²) in [6.45, 7) is 2.00. The zero-order valence-corrected chi connectivity index (χ0v) is 8.32. The Morgan fingerprint density at radius 3 is 1.44 bits per heavy atom. The van der Waals surface area contributed by atoms with Gasteiger partial charge in [-0.15, -0.1) is 0 Å². The molecule has 0 aromatic carbocycles. The standard InChI is InChI=1S/C4H8O.3ClH.Cr/c1-2-4-5-3-1;;;;/h1-4H2;3*1H;/q;;;;+3/p-3/i;;;;1-49. The molecule has 1 saturated heterocycles. The summed E-state index contributed by atoms with van der Waals surface area (Å²) in [6.07, 6.45) is 2.56. The van der Waals surface area contributed by atoms with Gasteiger partial charge in [0.15, 0.2) is 0 Å². The molecule has 5 heteroatoms. The molecule has 0 spiro atoms. The number of ether oxygens (including phenoxy) is 1. The van der Waals surface area contributed by atoms with Crippen LogP contribution in [0.25, 0.3) is 0 Å². The number of halogens is 3. The van der Waals surface area contributed by atoms with Crippen LogP contribution in [0.4, 0.5) is 0 Å². The summed E-state index contributed by atoms with van der Waals surface area (Å²) in [7, 11) is 14.8. The van der Waals surface area contributed by atoms with Gasteiger partial charge in [-0.3, -0.25) is 0 Å². The van der Waals surface area contributed by atoms with Crippen LogP contribution in [0.1, 0.15) is 12.8 Å². The van der Waals surface area contributed by atoms with E-state index in [0.717, 1.165) is 13.2 Å². The monoisotopic (exact) mass is 180 g/mol. The number of hydrogen-bond donors (Lipinski definition) is 0. The SMILES string of the molecule is C1CCOC1.[Cl][3Cr]([Cl])[Cl]. The first kappa shape index (κ1) is 10.4. The van der Waals surface area contributed by atoms with Gasteiger partial charge >= 0.3 is 41.5 Å². The second kappa shape index (κ2) is 7.47. The van der Waals surface area contributed by atoms with E-state index < -0.39 is 11.4 Å². The molecule has 1 aliphatic rings. The molecule has 0 aromatic heterocycles. The summed E-state index contributed by atoms with van der Waals surface area (Å²) < 4.78 is 4.94. The molecule has 1 nitrogen and oxygen atoms in total. The van der Waals surface area contributed by atoms with Crippen molar-refractivity contribution in [3.8, 4) is 0 Å². The normalized spacial score (nSPS) is 17.3. The Morgan fingerprint density at radius 2 is 1.33 bits per heavy atom. The third-order valence-electron chi connectivity index (χ3n) is 0.827. The molecule has 0 radical (unpaired) electrons. The molecule has 0 atom stereocenters. The molecule has 0 bridgehead atoms. The molecule has 0 aliphatic carbocycles. The van der Waals surface area contributed by atoms with E-state index in [-0.39, 0.29) is 0 Å². The molecule has 1 rings (SSSR count). The Morgan fingerprint density at radius 1 is 1.00 bits per heavy atom. The predicted molar refractivity (Wildman–Crippen MR) is 37.6 cm³/mol. The first-order valence-electron chi connectivity index (χ1n) is 2.54. The molecule has 1 heterocycles. The van der Waals surface area contributed by atoms with Gasteiger partial charge in [0.2, 0.25) is 0 Å². The summed E-state index contributed by atoms with van der Waals surface area (Å²) >= 11 is -1.62. The third kappa shape index (κ3) is 12.5. The van der Waals surface area contributed by atoms with E-state index in [4.69, 9.17) is 34.9 Å². The molecule has 0 amide bonds. The molecular weight excluding hydrogens is 173 g/mol. The van der Waals surface area contributed by atoms with Gasteiger partial charge in [0.25, 0.3) is 0 Å². The second-order valence-corrected chi connectivity index (χ2v) is 7.81. The zero-order valence-electron chi connectivity index (χ0n) is 4.78. The van der Waals surface area contributed by atoms with Crippen molar-refractivity contribution in [1.29, 1.82) is 0 Å². The number of hydrogen-bond acceptors (Lipinski definition) is 1. The Balaban J connectivity index is 0.000000148. The maximum absolute atomic E-state index is 4.94. The van der Waals surface area contributed by atoms with Gasteiger partial charge in [-0.1, -0.05) is 0 Å². The summed E-state index contributed by atoms with van der Waals surface area (Å²) in [5.41, 5.74) is 0. The van der Waals surface area contributed by atoms with Crippen LogP contribution in [-0.4, -0.2) is 13.2 Å². The molecule has 9 heavy (non-hydrogen) atoms. The molecule has 0 N–H and O–H groups in total. The summed E-state index contributed by atoms with van der Waals surface area (Å²) in [6, 6.07) is 0. The molecule has 1 aliphatic heterocycles. The van der Waals surface area contributed by atoms with Gasteiger partial charge in [-0.2, -0.15) is 0 Å². The van der Waals surface area contributed by atoms with E-state index in [9.17, 15) is 0 Å². The van der Waals surface area contributed by atoms with Gasteiger partial charge in [-0.25, -0.2) is 0 Å². The Hall–Kier alpha value is 1.36. The van der Waals surface area contributed by atoms with Crippen molar-refractivity contribution in [2.45, 2.75) is 12.8 Å². The fourth-order valence-electron chi connectivity index (χ4n) is 0.510. The van der Waals surface area contributed by atoms with Crippen molar-refractivity contribution < 1.29 is 16.1 Å². The Bertz CT molecular complexity index is 47.4. The molecule has 0 saturated carbocycles. The van der Waals surface area contributed by atoms with Gasteiger partial charge in [-0.05, 0) is 12.8 Å². The van der Waals surface area contributed by atoms with E-state index in [1.54, 1.807) is 0 Å². The minimum absolute atomic E-state index is 1.00. The fraction of sp³-hybridized carbons (Fsp3) is 1.00. The first-order valence-corrected chi connectivity index (χ1v) is 7.80. The maximum atomic E-state index is 4.94. The van der Waals surface area contributed by atoms with Crippen LogP contribution >= 0.6 is 30.1 Å². The summed E-state index contributed by atoms with van der Waals surface area (Å²) in [5.74, 6) is 0. The van der Waals surface area contributed by atoms with Crippen molar-refractivity contribution >= 4 is 30.1 Å². The van der Waals surface area contributed by atoms with Crippen molar-refractivity contribution in [3.63, 3.8) is 0 Å². The number of rotatable bonds is 0. The average molecular weight is 181 g/mol. The van der Waals surface area contributed by atoms with E-state index >= 15 is 0 Å². The topological polar surface area (TPSA) is 9.23 Å². The Labute approximate surface area is 72.2 Å². The second-order valence-electron chi connectivity index (χ2n) is 1.49. The zero-order chi connectivity index (χ0) is 7.11. The van der Waals surface area contributed by atoms with E-state index in [1.807, 2.05) is 0 Å². The van der Waals surface area contributed by atoms with Crippen LogP contribution in [0, 0.1) is 0 Å². The average Bonchev–Trinajstić information content (AvgIpc) is 2.11. The van der Waals surface area contributed by atoms with Crippen molar-refractivity contribution in [2.24, 2.45) is 0 Å². The molecule has 57 valence electrons. The van der Waals surface area contributed by atoms with Gasteiger partial charge < -0.3 is 4.74 Å². The van der Waals surface area contributed by atoms with Gasteiger partial charge in [0, 0.05) is 13.2 Å². The minimum atomic E-state index is -1.62. The molecule has 0 unspecified atom stereocenters. The van der Waals surface area contributed by atoms with Crippen LogP contribution in [-0.2, 0) is 16.1 Å². The fourth-order valence-corrected chi connectivity index (χ4v) is 0.510. The van der Waals surface area contributed by atoms with Gasteiger partial charge in [0.1, 0.15) is 0 Å². The van der Waals surface area contributed by atoms with Crippen LogP contribution in [0.15, 0.2) is 0 Å². The van der Waals surface area contributed by atoms with E-state index in [0.29, 0.717) is 0 Å². The quantitative estimate of drug-likeness (QED) is 0.558. The van der Waals surface area contributed by atoms with E-state index in [1.165, 1.54) is 12.8 Å². The third-order valence-corrected chi connectivity index (χ3v) is 0.827. The summed E-state index contributed by atoms with van der Waals surface area (Å²) in [4.78, 5) is 0. The molecular formula is C4H8Cl3CrO. The van der Waals surface area contributed by atoms with Crippen LogP contribution in [0.2, 0.25) is 0 Å². The van der Waals surface area contributed by atoms with Crippen molar-refractivity contribution in [3.05, 3.63) is 0 Å². The van der Waals surface area contributed by atoms with Crippen LogP contribution in [0.5, 0.6) is 0 Å². The van der Waals surface area contributed by atoms with Crippen molar-refractivity contribution in [2.75, 3.05) is 13.2 Å². The van der Waals surface area contributed by atoms with Gasteiger partial charge in [0.05, 0.1) is 0 Å². The van der Waals surface area contributed by atoms with E-state index in [2.05, 4.69) is 0 Å². The molecule has 1 fully saturated rings.